The van der Waals surface area contributed by atoms with Gasteiger partial charge in [0.25, 0.3) is 0 Å². The number of hydrogen-bond donors (Lipinski definition) is 1. The van der Waals surface area contributed by atoms with Gasteiger partial charge in [-0.05, 0) is 81.9 Å². The van der Waals surface area contributed by atoms with Crippen molar-refractivity contribution in [2.45, 2.75) is 46.1 Å². The fourth-order valence-electron chi connectivity index (χ4n) is 3.51. The third-order valence-corrected chi connectivity index (χ3v) is 5.95. The van der Waals surface area contributed by atoms with Crippen LogP contribution in [0.3, 0.4) is 0 Å². The van der Waals surface area contributed by atoms with Gasteiger partial charge in [-0.1, -0.05) is 12.1 Å². The lowest BCUT2D eigenvalue weighted by atomic mass is 9.92. The molecule has 3 nitrogen and oxygen atoms in total. The number of nitrogens with one attached hydrogen (secondary N) is 1. The molecule has 1 aromatic heterocycles. The first-order valence-electron chi connectivity index (χ1n) is 9.22. The predicted octanol–water partition coefficient (Wildman–Crippen LogP) is 5.00. The molecule has 0 unspecified atom stereocenters. The Morgan fingerprint density at radius 1 is 1.20 bits per heavy atom. The van der Waals surface area contributed by atoms with Gasteiger partial charge < -0.3 is 5.32 Å². The highest BCUT2D eigenvalue weighted by Gasteiger charge is 2.20. The maximum Gasteiger partial charge on any atom is 0.224 e. The van der Waals surface area contributed by atoms with Crippen molar-refractivity contribution in [3.05, 3.63) is 51.7 Å². The Labute approximate surface area is 155 Å². The van der Waals surface area contributed by atoms with Crippen LogP contribution < -0.4 is 5.32 Å². The van der Waals surface area contributed by atoms with E-state index in [9.17, 15) is 4.79 Å². The van der Waals surface area contributed by atoms with E-state index < -0.39 is 0 Å². The van der Waals surface area contributed by atoms with E-state index in [-0.39, 0.29) is 5.91 Å². The van der Waals surface area contributed by atoms with Crippen LogP contribution >= 0.6 is 11.3 Å². The monoisotopic (exact) mass is 356 g/mol. The molecule has 1 N–H and O–H groups in total. The third kappa shape index (κ3) is 5.68. The first-order chi connectivity index (χ1) is 12.1. The van der Waals surface area contributed by atoms with Crippen LogP contribution in [-0.2, 0) is 11.3 Å². The Bertz CT molecular complexity index is 701. The van der Waals surface area contributed by atoms with Crippen LogP contribution in [0, 0.1) is 19.8 Å². The smallest absolute Gasteiger partial charge is 0.224 e. The van der Waals surface area contributed by atoms with E-state index in [0.29, 0.717) is 12.3 Å². The fourth-order valence-corrected chi connectivity index (χ4v) is 4.44. The van der Waals surface area contributed by atoms with Gasteiger partial charge in [0.1, 0.15) is 0 Å². The molecule has 0 radical (unpaired) electrons. The van der Waals surface area contributed by atoms with E-state index >= 15 is 0 Å². The minimum atomic E-state index is 0.141. The van der Waals surface area contributed by atoms with Crippen LogP contribution in [-0.4, -0.2) is 23.9 Å². The Balaban J connectivity index is 1.36. The van der Waals surface area contributed by atoms with Gasteiger partial charge in [0.2, 0.25) is 5.91 Å². The summed E-state index contributed by atoms with van der Waals surface area (Å²) in [5.41, 5.74) is 2.08. The number of amides is 1. The molecule has 1 saturated heterocycles. The fraction of sp³-hybridized carbons (Fsp3) is 0.476. The van der Waals surface area contributed by atoms with Crippen LogP contribution in [0.4, 0.5) is 5.69 Å². The minimum Gasteiger partial charge on any atom is -0.326 e. The highest BCUT2D eigenvalue weighted by Crippen LogP contribution is 2.25. The largest absolute Gasteiger partial charge is 0.326 e. The average molecular weight is 357 g/mol. The summed E-state index contributed by atoms with van der Waals surface area (Å²) >= 11 is 1.90. The molecule has 134 valence electrons. The molecule has 1 fully saturated rings. The second kappa shape index (κ2) is 8.63. The highest BCUT2D eigenvalue weighted by atomic mass is 32.1. The number of carbonyl (C=O) groups is 1. The standard InChI is InChI=1S/C21H28N2OS/c1-16-4-3-5-19(14-16)22-21(24)9-7-18-10-12-23(13-11-18)15-20-8-6-17(2)25-20/h3-6,8,14,18H,7,9-13,15H2,1-2H3,(H,22,24). The Kier molecular flexibility index (Phi) is 6.27. The summed E-state index contributed by atoms with van der Waals surface area (Å²) in [7, 11) is 0. The van der Waals surface area contributed by atoms with Crippen molar-refractivity contribution in [3.8, 4) is 0 Å². The molecular formula is C21H28N2OS. The van der Waals surface area contributed by atoms with Crippen LogP contribution in [0.5, 0.6) is 0 Å². The Morgan fingerprint density at radius 3 is 2.68 bits per heavy atom. The van der Waals surface area contributed by atoms with E-state index in [1.54, 1.807) is 0 Å². The molecule has 2 aromatic rings. The number of anilines is 1. The molecule has 2 heterocycles. The lowest BCUT2D eigenvalue weighted by molar-refractivity contribution is -0.116. The zero-order valence-corrected chi connectivity index (χ0v) is 16.1. The molecule has 1 aliphatic rings. The second-order valence-corrected chi connectivity index (χ2v) is 8.56. The van der Waals surface area contributed by atoms with Gasteiger partial charge in [-0.3, -0.25) is 9.69 Å². The normalized spacial score (nSPS) is 16.1. The molecule has 0 aliphatic carbocycles. The summed E-state index contributed by atoms with van der Waals surface area (Å²) in [5, 5.41) is 3.02. The first kappa shape index (κ1) is 18.2. The molecule has 3 rings (SSSR count). The molecule has 0 spiro atoms. The van der Waals surface area contributed by atoms with Crippen LogP contribution in [0.1, 0.15) is 41.0 Å². The van der Waals surface area contributed by atoms with Crippen molar-refractivity contribution in [3.63, 3.8) is 0 Å². The lowest BCUT2D eigenvalue weighted by Gasteiger charge is -2.31. The Hall–Kier alpha value is -1.65. The maximum atomic E-state index is 12.2. The van der Waals surface area contributed by atoms with Crippen molar-refractivity contribution < 1.29 is 4.79 Å². The van der Waals surface area contributed by atoms with Gasteiger partial charge in [0.15, 0.2) is 0 Å². The SMILES string of the molecule is Cc1cccc(NC(=O)CCC2CCN(Cc3ccc(C)s3)CC2)c1. The van der Waals surface area contributed by atoms with E-state index in [2.05, 4.69) is 29.3 Å². The molecule has 0 atom stereocenters. The lowest BCUT2D eigenvalue weighted by Crippen LogP contribution is -2.33. The molecule has 1 aromatic carbocycles. The molecule has 1 amide bonds. The van der Waals surface area contributed by atoms with Gasteiger partial charge >= 0.3 is 0 Å². The zero-order valence-electron chi connectivity index (χ0n) is 15.3. The number of rotatable bonds is 6. The highest BCUT2D eigenvalue weighted by molar-refractivity contribution is 7.11. The van der Waals surface area contributed by atoms with E-state index in [1.807, 2.05) is 42.5 Å². The van der Waals surface area contributed by atoms with Crippen molar-refractivity contribution in [1.29, 1.82) is 0 Å². The van der Waals surface area contributed by atoms with Gasteiger partial charge in [-0.25, -0.2) is 0 Å². The molecular weight excluding hydrogens is 328 g/mol. The number of thiophene rings is 1. The second-order valence-electron chi connectivity index (χ2n) is 7.19. The summed E-state index contributed by atoms with van der Waals surface area (Å²) in [6.07, 6.45) is 4.05. The number of benzene rings is 1. The zero-order chi connectivity index (χ0) is 17.6. The summed E-state index contributed by atoms with van der Waals surface area (Å²) in [5.74, 6) is 0.826. The quantitative estimate of drug-likeness (QED) is 0.790. The van der Waals surface area contributed by atoms with E-state index in [0.717, 1.165) is 31.7 Å². The number of carbonyl (C=O) groups excluding carboxylic acids is 1. The summed E-state index contributed by atoms with van der Waals surface area (Å²) in [6.45, 7) is 7.60. The molecule has 25 heavy (non-hydrogen) atoms. The topological polar surface area (TPSA) is 32.3 Å². The van der Waals surface area contributed by atoms with Crippen molar-refractivity contribution in [2.24, 2.45) is 5.92 Å². The number of piperidine rings is 1. The van der Waals surface area contributed by atoms with Crippen LogP contribution in [0.15, 0.2) is 36.4 Å². The number of hydrogen-bond acceptors (Lipinski definition) is 3. The molecule has 0 bridgehead atoms. The van der Waals surface area contributed by atoms with Gasteiger partial charge in [-0.2, -0.15) is 0 Å². The predicted molar refractivity (Wildman–Crippen MR) is 106 cm³/mol. The van der Waals surface area contributed by atoms with Crippen molar-refractivity contribution in [2.75, 3.05) is 18.4 Å². The van der Waals surface area contributed by atoms with Gasteiger partial charge in [0, 0.05) is 28.4 Å². The van der Waals surface area contributed by atoms with Gasteiger partial charge in [0.05, 0.1) is 0 Å². The molecule has 0 saturated carbocycles. The number of nitrogens with zero attached hydrogens (tertiary/aromatic N) is 1. The number of aryl methyl sites for hydroxylation is 2. The maximum absolute atomic E-state index is 12.2. The minimum absolute atomic E-state index is 0.141. The first-order valence-corrected chi connectivity index (χ1v) is 10.0. The van der Waals surface area contributed by atoms with Gasteiger partial charge in [-0.15, -0.1) is 11.3 Å². The van der Waals surface area contributed by atoms with Crippen molar-refractivity contribution >= 4 is 22.9 Å². The average Bonchev–Trinajstić information content (AvgIpc) is 2.99. The van der Waals surface area contributed by atoms with E-state index in [1.165, 1.54) is 28.2 Å². The number of likely N-dealkylation sites (tertiary alicyclic amines) is 1. The van der Waals surface area contributed by atoms with Crippen molar-refractivity contribution in [1.82, 2.24) is 4.90 Å². The third-order valence-electron chi connectivity index (χ3n) is 4.96. The molecule has 4 heteroatoms. The molecule has 1 aliphatic heterocycles. The van der Waals surface area contributed by atoms with Crippen LogP contribution in [0.25, 0.3) is 0 Å². The Morgan fingerprint density at radius 2 is 2.00 bits per heavy atom. The summed E-state index contributed by atoms with van der Waals surface area (Å²) < 4.78 is 0. The summed E-state index contributed by atoms with van der Waals surface area (Å²) in [4.78, 5) is 17.6. The van der Waals surface area contributed by atoms with Crippen LogP contribution in [0.2, 0.25) is 0 Å². The van der Waals surface area contributed by atoms with E-state index in [4.69, 9.17) is 0 Å². The summed E-state index contributed by atoms with van der Waals surface area (Å²) in [6, 6.07) is 12.5.